The van der Waals surface area contributed by atoms with Gasteiger partial charge in [-0.15, -0.1) is 0 Å². The van der Waals surface area contributed by atoms with Crippen LogP contribution >= 0.6 is 0 Å². The van der Waals surface area contributed by atoms with Gasteiger partial charge in [0, 0.05) is 18.2 Å². The van der Waals surface area contributed by atoms with Crippen molar-refractivity contribution in [3.63, 3.8) is 0 Å². The lowest BCUT2D eigenvalue weighted by Crippen LogP contribution is -2.02. The smallest absolute Gasteiger partial charge is 0.213 e. The van der Waals surface area contributed by atoms with Crippen molar-refractivity contribution in [2.75, 3.05) is 11.9 Å². The van der Waals surface area contributed by atoms with E-state index < -0.39 is 0 Å². The average molecular weight is 247 g/mol. The third kappa shape index (κ3) is 2.80. The van der Waals surface area contributed by atoms with E-state index in [-0.39, 0.29) is 0 Å². The lowest BCUT2D eigenvalue weighted by atomic mass is 10.2. The van der Waals surface area contributed by atoms with Gasteiger partial charge in [-0.1, -0.05) is 5.16 Å². The average Bonchev–Trinajstić information content (AvgIpc) is 2.69. The van der Waals surface area contributed by atoms with Crippen LogP contribution in [0, 0.1) is 13.8 Å². The van der Waals surface area contributed by atoms with E-state index in [9.17, 15) is 0 Å². The molecular weight excluding hydrogens is 230 g/mol. The molecule has 0 bridgehead atoms. The SMILES string of the molecule is CCOc1ccc(NCc2c(C)noc2C)cn1. The van der Waals surface area contributed by atoms with E-state index in [1.165, 1.54) is 0 Å². The first-order chi connectivity index (χ1) is 8.70. The first-order valence-electron chi connectivity index (χ1n) is 5.95. The number of hydrogen-bond acceptors (Lipinski definition) is 5. The molecule has 2 aromatic heterocycles. The van der Waals surface area contributed by atoms with Gasteiger partial charge >= 0.3 is 0 Å². The molecule has 1 N–H and O–H groups in total. The first-order valence-corrected chi connectivity index (χ1v) is 5.95. The second kappa shape index (κ2) is 5.53. The molecule has 0 amide bonds. The van der Waals surface area contributed by atoms with Crippen LogP contribution in [0.3, 0.4) is 0 Å². The lowest BCUT2D eigenvalue weighted by Gasteiger charge is -2.06. The summed E-state index contributed by atoms with van der Waals surface area (Å²) in [5, 5.41) is 7.20. The summed E-state index contributed by atoms with van der Waals surface area (Å²) in [7, 11) is 0. The Hall–Kier alpha value is -2.04. The molecule has 0 unspecified atom stereocenters. The number of nitrogens with zero attached hydrogens (tertiary/aromatic N) is 2. The normalized spacial score (nSPS) is 10.4. The molecule has 0 saturated carbocycles. The fourth-order valence-electron chi connectivity index (χ4n) is 1.66. The Morgan fingerprint density at radius 1 is 1.33 bits per heavy atom. The molecule has 0 aliphatic rings. The van der Waals surface area contributed by atoms with E-state index in [1.807, 2.05) is 32.9 Å². The highest BCUT2D eigenvalue weighted by Gasteiger charge is 2.08. The third-order valence-corrected chi connectivity index (χ3v) is 2.68. The van der Waals surface area contributed by atoms with Crippen LogP contribution in [0.15, 0.2) is 22.9 Å². The Balaban J connectivity index is 1.98. The maximum absolute atomic E-state index is 5.29. The largest absolute Gasteiger partial charge is 0.478 e. The zero-order valence-corrected chi connectivity index (χ0v) is 10.9. The summed E-state index contributed by atoms with van der Waals surface area (Å²) in [6.45, 7) is 7.08. The molecule has 96 valence electrons. The van der Waals surface area contributed by atoms with Crippen LogP contribution in [0.25, 0.3) is 0 Å². The molecule has 5 nitrogen and oxygen atoms in total. The Bertz CT molecular complexity index is 486. The van der Waals surface area contributed by atoms with E-state index in [0.29, 0.717) is 19.0 Å². The van der Waals surface area contributed by atoms with Crippen LogP contribution in [-0.4, -0.2) is 16.7 Å². The van der Waals surface area contributed by atoms with E-state index in [0.717, 1.165) is 22.7 Å². The number of hydrogen-bond donors (Lipinski definition) is 1. The molecule has 2 heterocycles. The molecule has 0 fully saturated rings. The summed E-state index contributed by atoms with van der Waals surface area (Å²) < 4.78 is 10.4. The fourth-order valence-corrected chi connectivity index (χ4v) is 1.66. The van der Waals surface area contributed by atoms with Crippen molar-refractivity contribution < 1.29 is 9.26 Å². The number of pyridine rings is 1. The van der Waals surface area contributed by atoms with Gasteiger partial charge in [0.25, 0.3) is 0 Å². The Morgan fingerprint density at radius 2 is 2.17 bits per heavy atom. The van der Waals surface area contributed by atoms with Crippen LogP contribution in [0.5, 0.6) is 5.88 Å². The molecule has 0 aliphatic carbocycles. The molecule has 2 aromatic rings. The van der Waals surface area contributed by atoms with E-state index >= 15 is 0 Å². The molecule has 0 atom stereocenters. The third-order valence-electron chi connectivity index (χ3n) is 2.68. The number of ether oxygens (including phenoxy) is 1. The van der Waals surface area contributed by atoms with Crippen molar-refractivity contribution in [2.24, 2.45) is 0 Å². The molecule has 18 heavy (non-hydrogen) atoms. The highest BCUT2D eigenvalue weighted by Crippen LogP contribution is 2.16. The van der Waals surface area contributed by atoms with Crippen LogP contribution < -0.4 is 10.1 Å². The van der Waals surface area contributed by atoms with Gasteiger partial charge in [-0.2, -0.15) is 0 Å². The van der Waals surface area contributed by atoms with Gasteiger partial charge in [0.05, 0.1) is 24.2 Å². The summed E-state index contributed by atoms with van der Waals surface area (Å²) in [5.74, 6) is 1.49. The van der Waals surface area contributed by atoms with Crippen molar-refractivity contribution >= 4 is 5.69 Å². The van der Waals surface area contributed by atoms with E-state index in [4.69, 9.17) is 9.26 Å². The highest BCUT2D eigenvalue weighted by atomic mass is 16.5. The molecule has 0 saturated heterocycles. The van der Waals surface area contributed by atoms with Crippen LogP contribution in [0.1, 0.15) is 23.9 Å². The summed E-state index contributed by atoms with van der Waals surface area (Å²) in [4.78, 5) is 4.19. The van der Waals surface area contributed by atoms with Gasteiger partial charge in [0.1, 0.15) is 5.76 Å². The summed E-state index contributed by atoms with van der Waals surface area (Å²) in [6, 6.07) is 3.79. The van der Waals surface area contributed by atoms with Crippen LogP contribution in [0.4, 0.5) is 5.69 Å². The van der Waals surface area contributed by atoms with Gasteiger partial charge in [-0.05, 0) is 26.8 Å². The van der Waals surface area contributed by atoms with Gasteiger partial charge in [0.15, 0.2) is 0 Å². The minimum Gasteiger partial charge on any atom is -0.478 e. The molecule has 0 aliphatic heterocycles. The number of rotatable bonds is 5. The molecule has 2 rings (SSSR count). The number of aromatic nitrogens is 2. The van der Waals surface area contributed by atoms with Gasteiger partial charge < -0.3 is 14.6 Å². The van der Waals surface area contributed by atoms with Gasteiger partial charge in [0.2, 0.25) is 5.88 Å². The van der Waals surface area contributed by atoms with Crippen LogP contribution in [-0.2, 0) is 6.54 Å². The summed E-state index contributed by atoms with van der Waals surface area (Å²) >= 11 is 0. The number of aryl methyl sites for hydroxylation is 2. The zero-order chi connectivity index (χ0) is 13.0. The quantitative estimate of drug-likeness (QED) is 0.880. The second-order valence-corrected chi connectivity index (χ2v) is 3.97. The monoisotopic (exact) mass is 247 g/mol. The Kier molecular flexibility index (Phi) is 3.82. The minimum absolute atomic E-state index is 0.624. The number of anilines is 1. The van der Waals surface area contributed by atoms with Crippen molar-refractivity contribution in [1.29, 1.82) is 0 Å². The predicted molar refractivity (Wildman–Crippen MR) is 68.7 cm³/mol. The highest BCUT2D eigenvalue weighted by molar-refractivity contribution is 5.43. The molecular formula is C13H17N3O2. The van der Waals surface area contributed by atoms with Crippen LogP contribution in [0.2, 0.25) is 0 Å². The summed E-state index contributed by atoms with van der Waals surface area (Å²) in [6.07, 6.45) is 1.75. The molecule has 0 aromatic carbocycles. The summed E-state index contributed by atoms with van der Waals surface area (Å²) in [5.41, 5.74) is 2.95. The topological polar surface area (TPSA) is 60.2 Å². The second-order valence-electron chi connectivity index (χ2n) is 3.97. The minimum atomic E-state index is 0.624. The maximum Gasteiger partial charge on any atom is 0.213 e. The standard InChI is InChI=1S/C13H17N3O2/c1-4-17-13-6-5-11(7-15-13)14-8-12-9(2)16-18-10(12)3/h5-7,14H,4,8H2,1-3H3. The Labute approximate surface area is 106 Å². The van der Waals surface area contributed by atoms with E-state index in [2.05, 4.69) is 15.5 Å². The van der Waals surface area contributed by atoms with E-state index in [1.54, 1.807) is 6.20 Å². The maximum atomic E-state index is 5.29. The van der Waals surface area contributed by atoms with Gasteiger partial charge in [-0.3, -0.25) is 0 Å². The molecule has 0 spiro atoms. The predicted octanol–water partition coefficient (Wildman–Crippen LogP) is 2.70. The number of nitrogens with one attached hydrogen (secondary N) is 1. The van der Waals surface area contributed by atoms with Crippen molar-refractivity contribution in [3.05, 3.63) is 35.3 Å². The van der Waals surface area contributed by atoms with Crippen molar-refractivity contribution in [1.82, 2.24) is 10.1 Å². The Morgan fingerprint density at radius 3 is 2.72 bits per heavy atom. The van der Waals surface area contributed by atoms with Crippen molar-refractivity contribution in [2.45, 2.75) is 27.3 Å². The fraction of sp³-hybridized carbons (Fsp3) is 0.385. The van der Waals surface area contributed by atoms with Crippen molar-refractivity contribution in [3.8, 4) is 5.88 Å². The van der Waals surface area contributed by atoms with Gasteiger partial charge in [-0.25, -0.2) is 4.98 Å². The lowest BCUT2D eigenvalue weighted by molar-refractivity contribution is 0.327. The molecule has 0 radical (unpaired) electrons. The molecule has 5 heteroatoms. The zero-order valence-electron chi connectivity index (χ0n) is 10.9. The first kappa shape index (κ1) is 12.4.